The Bertz CT molecular complexity index is 1000. The van der Waals surface area contributed by atoms with Gasteiger partial charge in [-0.3, -0.25) is 9.59 Å². The number of carbonyl (C=O) groups is 3. The van der Waals surface area contributed by atoms with Crippen LogP contribution in [0.15, 0.2) is 91.0 Å². The molecule has 6 nitrogen and oxygen atoms in total. The molecule has 0 unspecified atom stereocenters. The van der Waals surface area contributed by atoms with Crippen molar-refractivity contribution in [3.8, 4) is 0 Å². The van der Waals surface area contributed by atoms with E-state index in [1.54, 1.807) is 13.8 Å². The molecule has 0 heterocycles. The lowest BCUT2D eigenvalue weighted by Gasteiger charge is -2.36. The maximum Gasteiger partial charge on any atom is 0.326 e. The Morgan fingerprint density at radius 1 is 0.824 bits per heavy atom. The third kappa shape index (κ3) is 5.17. The van der Waals surface area contributed by atoms with Gasteiger partial charge < -0.3 is 15.2 Å². The minimum absolute atomic E-state index is 0.125. The predicted octanol–water partition coefficient (Wildman–Crippen LogP) is 4.18. The molecule has 0 aromatic heterocycles. The second-order valence-corrected chi connectivity index (χ2v) is 8.12. The summed E-state index contributed by atoms with van der Waals surface area (Å²) >= 11 is 0. The highest BCUT2D eigenvalue weighted by molar-refractivity contribution is 5.98. The van der Waals surface area contributed by atoms with Gasteiger partial charge in [-0.05, 0) is 29.5 Å². The zero-order chi connectivity index (χ0) is 24.6. The van der Waals surface area contributed by atoms with Gasteiger partial charge in [0.05, 0.1) is 13.0 Å². The highest BCUT2D eigenvalue weighted by Gasteiger charge is 2.45. The summed E-state index contributed by atoms with van der Waals surface area (Å²) in [7, 11) is 0. The molecule has 0 spiro atoms. The molecular weight excluding hydrogens is 430 g/mol. The number of ether oxygens (including phenoxy) is 1. The van der Waals surface area contributed by atoms with Gasteiger partial charge in [0.15, 0.2) is 0 Å². The number of benzene rings is 3. The van der Waals surface area contributed by atoms with Crippen molar-refractivity contribution < 1.29 is 24.2 Å². The molecule has 3 aromatic carbocycles. The highest BCUT2D eigenvalue weighted by Crippen LogP contribution is 2.39. The molecule has 0 aliphatic carbocycles. The fourth-order valence-corrected chi connectivity index (χ4v) is 4.26. The normalized spacial score (nSPS) is 12.9. The molecule has 0 aliphatic heterocycles. The average molecular weight is 460 g/mol. The van der Waals surface area contributed by atoms with Crippen molar-refractivity contribution in [2.45, 2.75) is 31.7 Å². The summed E-state index contributed by atoms with van der Waals surface area (Å²) in [5.41, 5.74) is 0.799. The lowest BCUT2D eigenvalue weighted by atomic mass is 9.68. The summed E-state index contributed by atoms with van der Waals surface area (Å²) < 4.78 is 4.98. The fourth-order valence-electron chi connectivity index (χ4n) is 4.26. The van der Waals surface area contributed by atoms with Crippen LogP contribution in [-0.2, 0) is 24.5 Å². The first-order chi connectivity index (χ1) is 16.4. The molecule has 0 bridgehead atoms. The standard InChI is InChI=1S/C28H29NO5/c1-3-34-24(30)19-20(2)25(26(31)32)29-27(33)28(21-13-7-4-8-14-21,22-15-9-5-10-16-22)23-17-11-6-12-18-23/h4-18,20,25H,3,19H2,1-2H3,(H,29,33)(H,31,32)/t20-,25+/m0/s1. The van der Waals surface area contributed by atoms with E-state index in [1.165, 1.54) is 0 Å². The molecule has 3 rings (SSSR count). The smallest absolute Gasteiger partial charge is 0.326 e. The van der Waals surface area contributed by atoms with Gasteiger partial charge in [-0.2, -0.15) is 0 Å². The Labute approximate surface area is 199 Å². The maximum absolute atomic E-state index is 14.2. The van der Waals surface area contributed by atoms with Gasteiger partial charge in [0.2, 0.25) is 5.91 Å². The summed E-state index contributed by atoms with van der Waals surface area (Å²) in [5, 5.41) is 12.7. The Morgan fingerprint density at radius 3 is 1.59 bits per heavy atom. The molecular formula is C28H29NO5. The molecule has 3 aromatic rings. The van der Waals surface area contributed by atoms with Crippen LogP contribution in [0.4, 0.5) is 0 Å². The number of rotatable bonds is 10. The summed E-state index contributed by atoms with van der Waals surface area (Å²) in [6.07, 6.45) is -0.125. The van der Waals surface area contributed by atoms with Crippen LogP contribution in [0.2, 0.25) is 0 Å². The SMILES string of the molecule is CCOC(=O)C[C@H](C)[C@@H](NC(=O)C(c1ccccc1)(c1ccccc1)c1ccccc1)C(=O)O. The minimum Gasteiger partial charge on any atom is -0.480 e. The van der Waals surface area contributed by atoms with E-state index in [4.69, 9.17) is 4.74 Å². The van der Waals surface area contributed by atoms with Crippen LogP contribution in [0.1, 0.15) is 37.0 Å². The Kier molecular flexibility index (Phi) is 8.19. The monoisotopic (exact) mass is 459 g/mol. The molecule has 0 aliphatic rings. The first-order valence-corrected chi connectivity index (χ1v) is 11.3. The van der Waals surface area contributed by atoms with Crippen LogP contribution < -0.4 is 5.32 Å². The molecule has 34 heavy (non-hydrogen) atoms. The molecule has 1 amide bonds. The minimum atomic E-state index is -1.30. The third-order valence-corrected chi connectivity index (χ3v) is 5.88. The number of carboxylic acids is 1. The second kappa shape index (κ2) is 11.3. The van der Waals surface area contributed by atoms with Crippen LogP contribution in [0.25, 0.3) is 0 Å². The first-order valence-electron chi connectivity index (χ1n) is 11.3. The third-order valence-electron chi connectivity index (χ3n) is 5.88. The van der Waals surface area contributed by atoms with Crippen molar-refractivity contribution in [2.24, 2.45) is 5.92 Å². The highest BCUT2D eigenvalue weighted by atomic mass is 16.5. The molecule has 2 N–H and O–H groups in total. The molecule has 0 radical (unpaired) electrons. The number of carboxylic acid groups (broad SMARTS) is 1. The van der Waals surface area contributed by atoms with E-state index in [1.807, 2.05) is 91.0 Å². The number of amides is 1. The molecule has 2 atom stereocenters. The molecule has 0 saturated heterocycles. The van der Waals surface area contributed by atoms with E-state index in [-0.39, 0.29) is 13.0 Å². The van der Waals surface area contributed by atoms with Gasteiger partial charge >= 0.3 is 11.9 Å². The van der Waals surface area contributed by atoms with E-state index in [0.717, 1.165) is 0 Å². The number of carbonyl (C=O) groups excluding carboxylic acids is 2. The fraction of sp³-hybridized carbons (Fsp3) is 0.250. The van der Waals surface area contributed by atoms with Crippen LogP contribution >= 0.6 is 0 Å². The van der Waals surface area contributed by atoms with Crippen molar-refractivity contribution in [2.75, 3.05) is 6.61 Å². The van der Waals surface area contributed by atoms with Crippen LogP contribution in [-0.4, -0.2) is 35.6 Å². The summed E-state index contributed by atoms with van der Waals surface area (Å²) in [4.78, 5) is 38.4. The van der Waals surface area contributed by atoms with Gasteiger partial charge in [0.1, 0.15) is 11.5 Å². The van der Waals surface area contributed by atoms with E-state index >= 15 is 0 Å². The topological polar surface area (TPSA) is 92.7 Å². The summed E-state index contributed by atoms with van der Waals surface area (Å²) in [6, 6.07) is 26.6. The van der Waals surface area contributed by atoms with Crippen LogP contribution in [0.3, 0.4) is 0 Å². The number of hydrogen-bond donors (Lipinski definition) is 2. The van der Waals surface area contributed by atoms with Crippen molar-refractivity contribution >= 4 is 17.8 Å². The largest absolute Gasteiger partial charge is 0.480 e. The lowest BCUT2D eigenvalue weighted by molar-refractivity contribution is -0.147. The van der Waals surface area contributed by atoms with Gasteiger partial charge in [-0.1, -0.05) is 97.9 Å². The van der Waals surface area contributed by atoms with Gasteiger partial charge in [0.25, 0.3) is 0 Å². The quantitative estimate of drug-likeness (QED) is 0.351. The first kappa shape index (κ1) is 24.7. The number of esters is 1. The number of hydrogen-bond acceptors (Lipinski definition) is 4. The second-order valence-electron chi connectivity index (χ2n) is 8.12. The van der Waals surface area contributed by atoms with Gasteiger partial charge in [-0.25, -0.2) is 4.79 Å². The predicted molar refractivity (Wildman–Crippen MR) is 129 cm³/mol. The zero-order valence-electron chi connectivity index (χ0n) is 19.3. The van der Waals surface area contributed by atoms with Gasteiger partial charge in [0, 0.05) is 0 Å². The van der Waals surface area contributed by atoms with Crippen molar-refractivity contribution in [3.63, 3.8) is 0 Å². The van der Waals surface area contributed by atoms with Crippen LogP contribution in [0.5, 0.6) is 0 Å². The van der Waals surface area contributed by atoms with E-state index < -0.39 is 35.2 Å². The van der Waals surface area contributed by atoms with Gasteiger partial charge in [-0.15, -0.1) is 0 Å². The van der Waals surface area contributed by atoms with Crippen molar-refractivity contribution in [1.29, 1.82) is 0 Å². The summed E-state index contributed by atoms with van der Waals surface area (Å²) in [5.74, 6) is -2.89. The number of nitrogens with one attached hydrogen (secondary N) is 1. The van der Waals surface area contributed by atoms with E-state index in [2.05, 4.69) is 5.32 Å². The van der Waals surface area contributed by atoms with E-state index in [9.17, 15) is 19.5 Å². The maximum atomic E-state index is 14.2. The molecule has 6 heteroatoms. The lowest BCUT2D eigenvalue weighted by Crippen LogP contribution is -2.54. The Morgan fingerprint density at radius 2 is 1.24 bits per heavy atom. The van der Waals surface area contributed by atoms with Crippen LogP contribution in [0, 0.1) is 5.92 Å². The number of aliphatic carboxylic acids is 1. The molecule has 0 saturated carbocycles. The zero-order valence-corrected chi connectivity index (χ0v) is 19.3. The van der Waals surface area contributed by atoms with E-state index in [0.29, 0.717) is 16.7 Å². The molecule has 0 fully saturated rings. The summed E-state index contributed by atoms with van der Waals surface area (Å²) in [6.45, 7) is 3.51. The van der Waals surface area contributed by atoms with Crippen molar-refractivity contribution in [1.82, 2.24) is 5.32 Å². The Hall–Kier alpha value is -3.93. The average Bonchev–Trinajstić information content (AvgIpc) is 2.85. The Balaban J connectivity index is 2.13. The van der Waals surface area contributed by atoms with Crippen molar-refractivity contribution in [3.05, 3.63) is 108 Å². The molecule has 176 valence electrons.